The first-order valence-electron chi connectivity index (χ1n) is 4.84. The summed E-state index contributed by atoms with van der Waals surface area (Å²) in [6, 6.07) is 7.26. The van der Waals surface area contributed by atoms with Crippen LogP contribution in [0.1, 0.15) is 23.7 Å². The molecule has 4 heteroatoms. The molecule has 1 unspecified atom stereocenters. The highest BCUT2D eigenvalue weighted by atomic mass is 79.9. The van der Waals surface area contributed by atoms with E-state index in [2.05, 4.69) is 15.9 Å². The lowest BCUT2D eigenvalue weighted by Gasteiger charge is -2.11. The van der Waals surface area contributed by atoms with Crippen LogP contribution in [0.15, 0.2) is 22.7 Å². The topological polar surface area (TPSA) is 50.1 Å². The Balaban J connectivity index is 3.07. The van der Waals surface area contributed by atoms with Crippen LogP contribution >= 0.6 is 15.9 Å². The third kappa shape index (κ3) is 2.83. The standard InChI is InChI=1S/C12H12BrNO2/c1-8(5-6-14)12(15)10-7-9(13)3-4-11(10)16-2/h3-4,7-8H,5H2,1-2H3. The van der Waals surface area contributed by atoms with Gasteiger partial charge in [-0.15, -0.1) is 0 Å². The van der Waals surface area contributed by atoms with Crippen LogP contribution in [0.5, 0.6) is 5.75 Å². The van der Waals surface area contributed by atoms with E-state index >= 15 is 0 Å². The maximum atomic E-state index is 12.0. The lowest BCUT2D eigenvalue weighted by atomic mass is 9.96. The quantitative estimate of drug-likeness (QED) is 0.797. The molecule has 1 aromatic carbocycles. The SMILES string of the molecule is COc1ccc(Br)cc1C(=O)C(C)CC#N. The molecule has 0 aliphatic carbocycles. The van der Waals surface area contributed by atoms with Crippen LogP contribution in [-0.4, -0.2) is 12.9 Å². The van der Waals surface area contributed by atoms with E-state index in [1.165, 1.54) is 7.11 Å². The summed E-state index contributed by atoms with van der Waals surface area (Å²) in [5.41, 5.74) is 0.514. The van der Waals surface area contributed by atoms with Crippen molar-refractivity contribution in [3.8, 4) is 11.8 Å². The van der Waals surface area contributed by atoms with Gasteiger partial charge in [-0.1, -0.05) is 22.9 Å². The minimum atomic E-state index is -0.312. The Labute approximate surface area is 103 Å². The van der Waals surface area contributed by atoms with E-state index < -0.39 is 0 Å². The summed E-state index contributed by atoms with van der Waals surface area (Å²) in [7, 11) is 1.52. The van der Waals surface area contributed by atoms with Crippen LogP contribution in [0.4, 0.5) is 0 Å². The van der Waals surface area contributed by atoms with E-state index in [4.69, 9.17) is 10.00 Å². The highest BCUT2D eigenvalue weighted by Gasteiger charge is 2.19. The summed E-state index contributed by atoms with van der Waals surface area (Å²) >= 11 is 3.31. The number of benzene rings is 1. The normalized spacial score (nSPS) is 11.6. The zero-order chi connectivity index (χ0) is 12.1. The summed E-state index contributed by atoms with van der Waals surface area (Å²) < 4.78 is 5.95. The van der Waals surface area contributed by atoms with Crippen molar-refractivity contribution < 1.29 is 9.53 Å². The summed E-state index contributed by atoms with van der Waals surface area (Å²) in [5.74, 6) is 0.158. The van der Waals surface area contributed by atoms with Gasteiger partial charge in [-0.2, -0.15) is 5.26 Å². The molecular weight excluding hydrogens is 270 g/mol. The molecule has 1 atom stereocenters. The molecule has 0 radical (unpaired) electrons. The number of nitrogens with zero attached hydrogens (tertiary/aromatic N) is 1. The maximum absolute atomic E-state index is 12.0. The maximum Gasteiger partial charge on any atom is 0.170 e. The fraction of sp³-hybridized carbons (Fsp3) is 0.333. The molecule has 84 valence electrons. The Morgan fingerprint density at radius 3 is 2.88 bits per heavy atom. The van der Waals surface area contributed by atoms with Gasteiger partial charge < -0.3 is 4.74 Å². The molecule has 0 aliphatic rings. The highest BCUT2D eigenvalue weighted by Crippen LogP contribution is 2.26. The van der Waals surface area contributed by atoms with Crippen LogP contribution in [-0.2, 0) is 0 Å². The number of ketones is 1. The van der Waals surface area contributed by atoms with Gasteiger partial charge in [0.15, 0.2) is 5.78 Å². The predicted molar refractivity (Wildman–Crippen MR) is 64.4 cm³/mol. The summed E-state index contributed by atoms with van der Waals surface area (Å²) in [6.07, 6.45) is 0.217. The van der Waals surface area contributed by atoms with Gasteiger partial charge in [0.25, 0.3) is 0 Å². The smallest absolute Gasteiger partial charge is 0.170 e. The average Bonchev–Trinajstić information content (AvgIpc) is 2.28. The number of nitriles is 1. The molecular formula is C12H12BrNO2. The average molecular weight is 282 g/mol. The lowest BCUT2D eigenvalue weighted by molar-refractivity contribution is 0.0928. The lowest BCUT2D eigenvalue weighted by Crippen LogP contribution is -2.12. The Morgan fingerprint density at radius 1 is 1.62 bits per heavy atom. The fourth-order valence-corrected chi connectivity index (χ4v) is 1.73. The van der Waals surface area contributed by atoms with E-state index in [1.54, 1.807) is 19.1 Å². The van der Waals surface area contributed by atoms with Crippen molar-refractivity contribution in [3.05, 3.63) is 28.2 Å². The Hall–Kier alpha value is -1.34. The number of carbonyl (C=O) groups excluding carboxylic acids is 1. The monoisotopic (exact) mass is 281 g/mol. The third-order valence-corrected chi connectivity index (χ3v) is 2.77. The number of rotatable bonds is 4. The molecule has 0 fully saturated rings. The molecule has 0 N–H and O–H groups in total. The van der Waals surface area contributed by atoms with Gasteiger partial charge in [0.05, 0.1) is 18.7 Å². The number of Topliss-reactive ketones (excluding diaryl/α,β-unsaturated/α-hetero) is 1. The Bertz CT molecular complexity index is 437. The third-order valence-electron chi connectivity index (χ3n) is 2.27. The zero-order valence-electron chi connectivity index (χ0n) is 9.16. The second-order valence-corrected chi connectivity index (χ2v) is 4.39. The predicted octanol–water partition coefficient (Wildman–Crippen LogP) is 3.19. The largest absolute Gasteiger partial charge is 0.496 e. The van der Waals surface area contributed by atoms with E-state index in [9.17, 15) is 4.79 Å². The van der Waals surface area contributed by atoms with Crippen LogP contribution < -0.4 is 4.74 Å². The van der Waals surface area contributed by atoms with Crippen molar-refractivity contribution in [2.24, 2.45) is 5.92 Å². The number of hydrogen-bond donors (Lipinski definition) is 0. The van der Waals surface area contributed by atoms with Crippen molar-refractivity contribution in [3.63, 3.8) is 0 Å². The highest BCUT2D eigenvalue weighted by molar-refractivity contribution is 9.10. The molecule has 3 nitrogen and oxygen atoms in total. The van der Waals surface area contributed by atoms with Crippen molar-refractivity contribution >= 4 is 21.7 Å². The van der Waals surface area contributed by atoms with Crippen LogP contribution in [0.3, 0.4) is 0 Å². The molecule has 0 heterocycles. The fourth-order valence-electron chi connectivity index (χ4n) is 1.37. The molecule has 0 aliphatic heterocycles. The van der Waals surface area contributed by atoms with E-state index in [1.807, 2.05) is 12.1 Å². The molecule has 16 heavy (non-hydrogen) atoms. The second-order valence-electron chi connectivity index (χ2n) is 3.47. The van der Waals surface area contributed by atoms with Crippen molar-refractivity contribution in [1.29, 1.82) is 5.26 Å². The number of ether oxygens (including phenoxy) is 1. The van der Waals surface area contributed by atoms with Crippen molar-refractivity contribution in [1.82, 2.24) is 0 Å². The second kappa shape index (κ2) is 5.66. The zero-order valence-corrected chi connectivity index (χ0v) is 10.7. The van der Waals surface area contributed by atoms with Crippen LogP contribution in [0.2, 0.25) is 0 Å². The van der Waals surface area contributed by atoms with E-state index in [0.717, 1.165) is 4.47 Å². The minimum absolute atomic E-state index is 0.0697. The number of halogens is 1. The van der Waals surface area contributed by atoms with E-state index in [-0.39, 0.29) is 18.1 Å². The van der Waals surface area contributed by atoms with Gasteiger partial charge >= 0.3 is 0 Å². The summed E-state index contributed by atoms with van der Waals surface area (Å²) in [4.78, 5) is 12.0. The first kappa shape index (κ1) is 12.7. The summed E-state index contributed by atoms with van der Waals surface area (Å²) in [6.45, 7) is 1.74. The first-order chi connectivity index (χ1) is 7.60. The molecule has 1 aromatic rings. The van der Waals surface area contributed by atoms with Gasteiger partial charge in [0, 0.05) is 16.8 Å². The van der Waals surface area contributed by atoms with Crippen molar-refractivity contribution in [2.75, 3.05) is 7.11 Å². The molecule has 1 rings (SSSR count). The van der Waals surface area contributed by atoms with Crippen molar-refractivity contribution in [2.45, 2.75) is 13.3 Å². The molecule has 0 saturated heterocycles. The Morgan fingerprint density at radius 2 is 2.31 bits per heavy atom. The van der Waals surface area contributed by atoms with Gasteiger partial charge in [0.2, 0.25) is 0 Å². The number of hydrogen-bond acceptors (Lipinski definition) is 3. The molecule has 0 amide bonds. The molecule has 0 aromatic heterocycles. The number of methoxy groups -OCH3 is 1. The first-order valence-corrected chi connectivity index (χ1v) is 5.64. The summed E-state index contributed by atoms with van der Waals surface area (Å²) in [5, 5.41) is 8.57. The molecule has 0 spiro atoms. The molecule has 0 saturated carbocycles. The van der Waals surface area contributed by atoms with Gasteiger partial charge in [-0.3, -0.25) is 4.79 Å². The molecule has 0 bridgehead atoms. The van der Waals surface area contributed by atoms with Gasteiger partial charge in [-0.25, -0.2) is 0 Å². The van der Waals surface area contributed by atoms with Crippen LogP contribution in [0.25, 0.3) is 0 Å². The van der Waals surface area contributed by atoms with Gasteiger partial charge in [0.1, 0.15) is 5.75 Å². The Kier molecular flexibility index (Phi) is 4.51. The van der Waals surface area contributed by atoms with E-state index in [0.29, 0.717) is 11.3 Å². The minimum Gasteiger partial charge on any atom is -0.496 e. The van der Waals surface area contributed by atoms with Crippen LogP contribution in [0, 0.1) is 17.2 Å². The number of carbonyl (C=O) groups is 1. The van der Waals surface area contributed by atoms with Gasteiger partial charge in [-0.05, 0) is 18.2 Å².